The van der Waals surface area contributed by atoms with Crippen LogP contribution < -0.4 is 5.32 Å². The third-order valence-corrected chi connectivity index (χ3v) is 6.15. The molecule has 10 heteroatoms. The summed E-state index contributed by atoms with van der Waals surface area (Å²) in [5.41, 5.74) is 0.132. The Morgan fingerprint density at radius 3 is 2.81 bits per heavy atom. The van der Waals surface area contributed by atoms with Gasteiger partial charge in [-0.1, -0.05) is 17.3 Å². The van der Waals surface area contributed by atoms with Gasteiger partial charge in [0.05, 0.1) is 12.1 Å². The van der Waals surface area contributed by atoms with E-state index >= 15 is 0 Å². The van der Waals surface area contributed by atoms with E-state index in [1.807, 2.05) is 0 Å². The molecule has 26 heavy (non-hydrogen) atoms. The van der Waals surface area contributed by atoms with Crippen LogP contribution in [-0.2, 0) is 21.4 Å². The molecule has 0 unspecified atom stereocenters. The van der Waals surface area contributed by atoms with Gasteiger partial charge in [0.2, 0.25) is 11.8 Å². The summed E-state index contributed by atoms with van der Waals surface area (Å²) in [6.07, 6.45) is 1.93. The lowest BCUT2D eigenvalue weighted by Gasteiger charge is -2.14. The first kappa shape index (κ1) is 16.7. The summed E-state index contributed by atoms with van der Waals surface area (Å²) in [6, 6.07) is 6.00. The molecule has 0 saturated heterocycles. The fourth-order valence-electron chi connectivity index (χ4n) is 2.76. The molecule has 4 rings (SSSR count). The minimum absolute atomic E-state index is 0.0233. The van der Waals surface area contributed by atoms with Crippen LogP contribution in [0.1, 0.15) is 47.3 Å². The van der Waals surface area contributed by atoms with Crippen LogP contribution in [0.25, 0.3) is 0 Å². The highest BCUT2D eigenvalue weighted by molar-refractivity contribution is 7.90. The number of hydrogen-bond donors (Lipinski definition) is 1. The summed E-state index contributed by atoms with van der Waals surface area (Å²) in [6.45, 7) is -0.128. The zero-order valence-corrected chi connectivity index (χ0v) is 14.5. The maximum absolute atomic E-state index is 12.4. The number of nitrogens with zero attached hydrogens (tertiary/aromatic N) is 3. The molecular weight excluding hydrogens is 360 g/mol. The largest absolute Gasteiger partial charge is 0.349 e. The van der Waals surface area contributed by atoms with Gasteiger partial charge in [0.15, 0.2) is 5.82 Å². The third kappa shape index (κ3) is 2.96. The Kier molecular flexibility index (Phi) is 3.98. The van der Waals surface area contributed by atoms with Crippen LogP contribution in [0.15, 0.2) is 33.7 Å². The molecule has 0 radical (unpaired) electrons. The van der Waals surface area contributed by atoms with Crippen molar-refractivity contribution in [2.75, 3.05) is 6.54 Å². The number of carbonyl (C=O) groups excluding carboxylic acids is 2. The molecule has 1 saturated carbocycles. The first-order valence-corrected chi connectivity index (χ1v) is 9.66. The Labute approximate surface area is 149 Å². The van der Waals surface area contributed by atoms with Crippen molar-refractivity contribution in [2.24, 2.45) is 0 Å². The molecule has 1 fully saturated rings. The molecule has 1 aliphatic heterocycles. The van der Waals surface area contributed by atoms with E-state index in [0.29, 0.717) is 17.6 Å². The topological polar surface area (TPSA) is 122 Å². The standard InChI is InChI=1S/C16H16N4O5S/c21-14(17-9-13-18-15(25-19-13)10-5-6-10)7-8-20-16(22)11-3-1-2-4-12(11)26(20,23)24/h1-4,10H,5-9H2,(H,17,21). The number of carbonyl (C=O) groups is 2. The predicted octanol–water partition coefficient (Wildman–Crippen LogP) is 0.798. The molecule has 2 heterocycles. The lowest BCUT2D eigenvalue weighted by molar-refractivity contribution is -0.121. The molecule has 0 atom stereocenters. The molecular formula is C16H16N4O5S. The van der Waals surface area contributed by atoms with Gasteiger partial charge in [-0.05, 0) is 25.0 Å². The van der Waals surface area contributed by atoms with Gasteiger partial charge in [0, 0.05) is 18.9 Å². The molecule has 9 nitrogen and oxygen atoms in total. The summed E-state index contributed by atoms with van der Waals surface area (Å²) < 4.78 is 30.6. The van der Waals surface area contributed by atoms with Crippen LogP contribution in [0.4, 0.5) is 0 Å². The number of amides is 2. The number of aromatic nitrogens is 2. The SMILES string of the molecule is O=C(CCN1C(=O)c2ccccc2S1(=O)=O)NCc1noc(C2CC2)n1. The quantitative estimate of drug-likeness (QED) is 0.791. The second-order valence-electron chi connectivity index (χ2n) is 6.23. The summed E-state index contributed by atoms with van der Waals surface area (Å²) in [4.78, 5) is 28.4. The molecule has 1 aliphatic carbocycles. The smallest absolute Gasteiger partial charge is 0.269 e. The normalized spacial score (nSPS) is 18.0. The third-order valence-electron chi connectivity index (χ3n) is 4.31. The van der Waals surface area contributed by atoms with E-state index in [1.54, 1.807) is 12.1 Å². The number of rotatable bonds is 6. The molecule has 1 aromatic heterocycles. The Morgan fingerprint density at radius 2 is 2.08 bits per heavy atom. The van der Waals surface area contributed by atoms with Crippen molar-refractivity contribution >= 4 is 21.8 Å². The van der Waals surface area contributed by atoms with E-state index in [4.69, 9.17) is 4.52 Å². The highest BCUT2D eigenvalue weighted by Gasteiger charge is 2.40. The average molecular weight is 376 g/mol. The Hall–Kier alpha value is -2.75. The average Bonchev–Trinajstić information content (AvgIpc) is 3.33. The molecule has 0 spiro atoms. The van der Waals surface area contributed by atoms with Gasteiger partial charge in [-0.15, -0.1) is 0 Å². The number of hydrogen-bond acceptors (Lipinski definition) is 7. The second kappa shape index (κ2) is 6.20. The first-order valence-electron chi connectivity index (χ1n) is 8.22. The lowest BCUT2D eigenvalue weighted by atomic mass is 10.2. The van der Waals surface area contributed by atoms with E-state index in [2.05, 4.69) is 15.5 Å². The van der Waals surface area contributed by atoms with Crippen molar-refractivity contribution in [1.29, 1.82) is 0 Å². The number of fused-ring (bicyclic) bond motifs is 1. The van der Waals surface area contributed by atoms with Crippen molar-refractivity contribution in [2.45, 2.75) is 36.6 Å². The fraction of sp³-hybridized carbons (Fsp3) is 0.375. The second-order valence-corrected chi connectivity index (χ2v) is 8.06. The van der Waals surface area contributed by atoms with E-state index in [9.17, 15) is 18.0 Å². The van der Waals surface area contributed by atoms with E-state index < -0.39 is 21.8 Å². The van der Waals surface area contributed by atoms with Gasteiger partial charge < -0.3 is 9.84 Å². The Bertz CT molecular complexity index is 980. The predicted molar refractivity (Wildman–Crippen MR) is 87.4 cm³/mol. The van der Waals surface area contributed by atoms with Crippen molar-refractivity contribution in [1.82, 2.24) is 19.8 Å². The zero-order chi connectivity index (χ0) is 18.3. The number of benzene rings is 1. The van der Waals surface area contributed by atoms with Crippen LogP contribution in [-0.4, -0.2) is 41.2 Å². The van der Waals surface area contributed by atoms with Crippen LogP contribution in [0.2, 0.25) is 0 Å². The van der Waals surface area contributed by atoms with Crippen LogP contribution in [0.5, 0.6) is 0 Å². The highest BCUT2D eigenvalue weighted by atomic mass is 32.2. The van der Waals surface area contributed by atoms with Gasteiger partial charge >= 0.3 is 0 Å². The molecule has 136 valence electrons. The summed E-state index contributed by atoms with van der Waals surface area (Å²) in [5, 5.41) is 6.39. The van der Waals surface area contributed by atoms with E-state index in [-0.39, 0.29) is 30.0 Å². The minimum atomic E-state index is -3.89. The molecule has 0 bridgehead atoms. The van der Waals surface area contributed by atoms with E-state index in [0.717, 1.165) is 17.1 Å². The Balaban J connectivity index is 1.33. The van der Waals surface area contributed by atoms with Gasteiger partial charge in [-0.3, -0.25) is 9.59 Å². The molecule has 2 aliphatic rings. The fourth-order valence-corrected chi connectivity index (χ4v) is 4.33. The summed E-state index contributed by atoms with van der Waals surface area (Å²) >= 11 is 0. The summed E-state index contributed by atoms with van der Waals surface area (Å²) in [5.74, 6) is 0.278. The number of nitrogens with one attached hydrogen (secondary N) is 1. The van der Waals surface area contributed by atoms with Gasteiger partial charge in [-0.25, -0.2) is 12.7 Å². The van der Waals surface area contributed by atoms with Crippen LogP contribution in [0, 0.1) is 0 Å². The maximum atomic E-state index is 12.4. The lowest BCUT2D eigenvalue weighted by Crippen LogP contribution is -2.34. The van der Waals surface area contributed by atoms with Crippen molar-refractivity contribution < 1.29 is 22.5 Å². The van der Waals surface area contributed by atoms with Crippen molar-refractivity contribution in [3.05, 3.63) is 41.5 Å². The molecule has 2 amide bonds. The monoisotopic (exact) mass is 376 g/mol. The van der Waals surface area contributed by atoms with Crippen molar-refractivity contribution in [3.8, 4) is 0 Å². The highest BCUT2D eigenvalue weighted by Crippen LogP contribution is 2.38. The van der Waals surface area contributed by atoms with Gasteiger partial charge in [0.1, 0.15) is 4.90 Å². The Morgan fingerprint density at radius 1 is 1.31 bits per heavy atom. The van der Waals surface area contributed by atoms with Crippen LogP contribution in [0.3, 0.4) is 0 Å². The molecule has 1 aromatic carbocycles. The minimum Gasteiger partial charge on any atom is -0.349 e. The van der Waals surface area contributed by atoms with Crippen molar-refractivity contribution in [3.63, 3.8) is 0 Å². The summed E-state index contributed by atoms with van der Waals surface area (Å²) in [7, 11) is -3.89. The molecule has 2 aromatic rings. The van der Waals surface area contributed by atoms with E-state index in [1.165, 1.54) is 12.1 Å². The maximum Gasteiger partial charge on any atom is 0.269 e. The van der Waals surface area contributed by atoms with Crippen LogP contribution >= 0.6 is 0 Å². The first-order chi connectivity index (χ1) is 12.5. The van der Waals surface area contributed by atoms with Gasteiger partial charge in [-0.2, -0.15) is 4.98 Å². The van der Waals surface area contributed by atoms with Gasteiger partial charge in [0.25, 0.3) is 15.9 Å². The number of sulfonamides is 1. The zero-order valence-electron chi connectivity index (χ0n) is 13.7. The molecule has 1 N–H and O–H groups in total.